The van der Waals surface area contributed by atoms with Gasteiger partial charge in [-0.1, -0.05) is 24.6 Å². The van der Waals surface area contributed by atoms with Crippen molar-refractivity contribution in [2.24, 2.45) is 11.8 Å². The molecule has 1 aromatic heterocycles. The van der Waals surface area contributed by atoms with Crippen molar-refractivity contribution in [3.8, 4) is 16.9 Å². The van der Waals surface area contributed by atoms with E-state index in [1.165, 1.54) is 29.5 Å². The van der Waals surface area contributed by atoms with Crippen LogP contribution in [0.5, 0.6) is 5.75 Å². The number of benzene rings is 2. The molecule has 1 saturated carbocycles. The largest absolute Gasteiger partial charge is 0.491 e. The number of ether oxygens (including phenoxy) is 1. The van der Waals surface area contributed by atoms with Gasteiger partial charge in [-0.25, -0.2) is 28.6 Å². The normalized spacial score (nSPS) is 23.5. The molecule has 4 N–H and O–H groups in total. The van der Waals surface area contributed by atoms with Crippen LogP contribution in [0.15, 0.2) is 36.4 Å². The van der Waals surface area contributed by atoms with Crippen molar-refractivity contribution in [1.82, 2.24) is 30.8 Å². The number of hydrogen-bond acceptors (Lipinski definition) is 8. The number of piperidine rings is 1. The highest BCUT2D eigenvalue weighted by atomic mass is 35.5. The summed E-state index contributed by atoms with van der Waals surface area (Å²) in [4.78, 5) is 26.1. The number of carbonyl (C=O) groups excluding carboxylic acids is 1. The fraction of sp³-hybridized carbons (Fsp3) is 0.414. The van der Waals surface area contributed by atoms with Crippen molar-refractivity contribution < 1.29 is 18.3 Å². The lowest BCUT2D eigenvalue weighted by Gasteiger charge is -2.47. The van der Waals surface area contributed by atoms with Crippen molar-refractivity contribution in [3.05, 3.63) is 53.1 Å². The maximum absolute atomic E-state index is 16.2. The first kappa shape index (κ1) is 27.0. The van der Waals surface area contributed by atoms with Crippen LogP contribution in [-0.2, 0) is 0 Å². The van der Waals surface area contributed by atoms with Crippen LogP contribution in [0.1, 0.15) is 32.6 Å². The van der Waals surface area contributed by atoms with E-state index in [-0.39, 0.29) is 63.7 Å². The average Bonchev–Trinajstić information content (AvgIpc) is 3.70. The third-order valence-corrected chi connectivity index (χ3v) is 9.23. The van der Waals surface area contributed by atoms with Crippen molar-refractivity contribution in [2.45, 2.75) is 44.7 Å². The molecule has 0 radical (unpaired) electrons. The first-order valence-corrected chi connectivity index (χ1v) is 14.5. The van der Waals surface area contributed by atoms with Gasteiger partial charge in [0, 0.05) is 66.7 Å². The fourth-order valence-corrected chi connectivity index (χ4v) is 6.83. The quantitative estimate of drug-likeness (QED) is 0.370. The molecule has 13 heteroatoms. The molecule has 0 spiro atoms. The van der Waals surface area contributed by atoms with Crippen LogP contribution in [0.3, 0.4) is 0 Å². The van der Waals surface area contributed by atoms with Gasteiger partial charge >= 0.3 is 6.03 Å². The summed E-state index contributed by atoms with van der Waals surface area (Å²) in [7, 11) is 1.83. The molecule has 2 fully saturated rings. The van der Waals surface area contributed by atoms with E-state index >= 15 is 4.39 Å². The Labute approximate surface area is 246 Å². The molecule has 4 heterocycles. The second-order valence-electron chi connectivity index (χ2n) is 11.5. The fourth-order valence-electron chi connectivity index (χ4n) is 6.50. The van der Waals surface area contributed by atoms with Gasteiger partial charge < -0.3 is 25.7 Å². The summed E-state index contributed by atoms with van der Waals surface area (Å²) in [6.07, 6.45) is 6.67. The van der Waals surface area contributed by atoms with Gasteiger partial charge in [0.25, 0.3) is 0 Å². The number of amides is 2. The number of nitrogens with zero attached hydrogens (tertiary/aromatic N) is 5. The third kappa shape index (κ3) is 4.27. The predicted molar refractivity (Wildman–Crippen MR) is 155 cm³/mol. The highest BCUT2D eigenvalue weighted by Gasteiger charge is 2.41. The van der Waals surface area contributed by atoms with Crippen LogP contribution in [0.2, 0.25) is 5.02 Å². The van der Waals surface area contributed by atoms with Gasteiger partial charge in [0.05, 0.1) is 17.0 Å². The van der Waals surface area contributed by atoms with E-state index < -0.39 is 11.6 Å². The Kier molecular flexibility index (Phi) is 6.50. The lowest BCUT2D eigenvalue weighted by atomic mass is 9.86. The molecule has 3 aliphatic heterocycles. The molecule has 2 amide bonds. The van der Waals surface area contributed by atoms with E-state index in [2.05, 4.69) is 32.8 Å². The topological polar surface area (TPSA) is 112 Å². The number of carbonyl (C=O) groups is 1. The number of anilines is 2. The molecule has 4 aliphatic rings. The number of hydrogen-bond donors (Lipinski definition) is 3. The van der Waals surface area contributed by atoms with Gasteiger partial charge in [-0.15, -0.1) is 5.53 Å². The summed E-state index contributed by atoms with van der Waals surface area (Å²) in [5.41, 5.74) is 12.9. The molecular weight excluding hydrogens is 566 g/mol. The Hall–Kier alpha value is -3.90. The maximum atomic E-state index is 16.2. The molecule has 2 aromatic carbocycles. The van der Waals surface area contributed by atoms with Gasteiger partial charge in [0.2, 0.25) is 0 Å². The maximum Gasteiger partial charge on any atom is 0.340 e. The molecule has 7 rings (SSSR count). The number of aromatic nitrogens is 2. The van der Waals surface area contributed by atoms with Crippen molar-refractivity contribution >= 4 is 40.0 Å². The van der Waals surface area contributed by atoms with Crippen LogP contribution < -0.4 is 26.3 Å². The molecule has 3 aromatic rings. The summed E-state index contributed by atoms with van der Waals surface area (Å²) in [5.74, 6) is -0.245. The van der Waals surface area contributed by atoms with E-state index in [1.807, 2.05) is 13.2 Å². The van der Waals surface area contributed by atoms with Gasteiger partial charge in [-0.2, -0.15) is 0 Å². The summed E-state index contributed by atoms with van der Waals surface area (Å²) in [6.45, 7) is 2.93. The molecule has 1 saturated heterocycles. The van der Waals surface area contributed by atoms with E-state index in [0.717, 1.165) is 18.5 Å². The molecule has 10 nitrogen and oxygen atoms in total. The summed E-state index contributed by atoms with van der Waals surface area (Å²) >= 11 is 6.78. The molecule has 1 unspecified atom stereocenters. The monoisotopic (exact) mass is 596 g/mol. The van der Waals surface area contributed by atoms with Gasteiger partial charge in [-0.3, -0.25) is 0 Å². The Bertz CT molecular complexity index is 1610. The van der Waals surface area contributed by atoms with Gasteiger partial charge in [0.1, 0.15) is 23.5 Å². The zero-order valence-corrected chi connectivity index (χ0v) is 24.0. The van der Waals surface area contributed by atoms with Crippen molar-refractivity contribution in [2.75, 3.05) is 30.8 Å². The zero-order chi connectivity index (χ0) is 29.3. The highest BCUT2D eigenvalue weighted by Crippen LogP contribution is 2.49. The molecule has 220 valence electrons. The van der Waals surface area contributed by atoms with Crippen molar-refractivity contribution in [3.63, 3.8) is 0 Å². The number of nitrogens with two attached hydrogens (primary N) is 1. The van der Waals surface area contributed by atoms with E-state index in [4.69, 9.17) is 22.1 Å². The first-order valence-electron chi connectivity index (χ1n) is 14.1. The standard InChI is InChI=1S/C29H31ClF2N8O2/c1-14-11-39-16(10-20(14)38(2)29(41)40-12-19(36-37-40)15-6-7-15)8-9-42-27-23-26(34-13-35-28(23)39)25(32)22(24(27)30)21-17(31)4-3-5-18(21)33/h3-5,12-16,20,36-37H,6-11,33H2,1-2H3/t14-,16+,20?/m1/s1. The second kappa shape index (κ2) is 10.1. The Balaban J connectivity index is 1.24. The SMILES string of the molecule is C[C@@H]1CN2c3ncnc4c(F)c(-c5c(N)cccc5F)c(Cl)c(c34)OCC[C@H]2CC1N(C)C(=O)N1C=C(C2CC2)NN1. The van der Waals surface area contributed by atoms with E-state index in [0.29, 0.717) is 36.5 Å². The van der Waals surface area contributed by atoms with E-state index in [9.17, 15) is 9.18 Å². The number of fused-ring (bicyclic) bond motifs is 2. The minimum Gasteiger partial charge on any atom is -0.491 e. The van der Waals surface area contributed by atoms with Crippen LogP contribution in [0.4, 0.5) is 25.1 Å². The summed E-state index contributed by atoms with van der Waals surface area (Å²) in [6, 6.07) is 3.91. The van der Waals surface area contributed by atoms with Gasteiger partial charge in [0.15, 0.2) is 11.6 Å². The highest BCUT2D eigenvalue weighted by molar-refractivity contribution is 6.36. The van der Waals surface area contributed by atoms with Crippen LogP contribution in [-0.4, -0.2) is 58.2 Å². The summed E-state index contributed by atoms with van der Waals surface area (Å²) in [5, 5.41) is 1.76. The average molecular weight is 597 g/mol. The number of allylic oxidation sites excluding steroid dienone is 1. The number of nitrogens with one attached hydrogen (secondary N) is 2. The Morgan fingerprint density at radius 3 is 2.79 bits per heavy atom. The summed E-state index contributed by atoms with van der Waals surface area (Å²) < 4.78 is 37.3. The van der Waals surface area contributed by atoms with Gasteiger partial charge in [-0.05, 0) is 37.3 Å². The number of nitrogen functional groups attached to an aromatic ring is 1. The number of halogens is 3. The second-order valence-corrected chi connectivity index (χ2v) is 11.9. The smallest absolute Gasteiger partial charge is 0.340 e. The number of hydrazine groups is 2. The number of urea groups is 1. The molecular formula is C29H31ClF2N8O2. The molecule has 0 bridgehead atoms. The van der Waals surface area contributed by atoms with Crippen LogP contribution >= 0.6 is 11.6 Å². The van der Waals surface area contributed by atoms with E-state index in [1.54, 1.807) is 4.90 Å². The predicted octanol–water partition coefficient (Wildman–Crippen LogP) is 4.80. The van der Waals surface area contributed by atoms with Crippen LogP contribution in [0, 0.1) is 23.5 Å². The lowest BCUT2D eigenvalue weighted by molar-refractivity contribution is 0.112. The third-order valence-electron chi connectivity index (χ3n) is 8.87. The van der Waals surface area contributed by atoms with Crippen molar-refractivity contribution in [1.29, 1.82) is 0 Å². The number of rotatable bonds is 3. The minimum atomic E-state index is -0.793. The minimum absolute atomic E-state index is 0.0226. The zero-order valence-electron chi connectivity index (χ0n) is 23.2. The Morgan fingerprint density at radius 2 is 2.02 bits per heavy atom. The molecule has 42 heavy (non-hydrogen) atoms. The molecule has 3 atom stereocenters. The lowest BCUT2D eigenvalue weighted by Crippen LogP contribution is -2.58. The van der Waals surface area contributed by atoms with Crippen LogP contribution in [0.25, 0.3) is 22.0 Å². The molecule has 1 aliphatic carbocycles. The Morgan fingerprint density at radius 1 is 1.21 bits per heavy atom. The first-order chi connectivity index (χ1) is 20.2.